The van der Waals surface area contributed by atoms with Gasteiger partial charge in [-0.05, 0) is 41.1 Å². The first-order valence-corrected chi connectivity index (χ1v) is 7.88. The first-order chi connectivity index (χ1) is 10.6. The van der Waals surface area contributed by atoms with Crippen LogP contribution in [0.5, 0.6) is 0 Å². The highest BCUT2D eigenvalue weighted by Crippen LogP contribution is 2.33. The average Bonchev–Trinajstić information content (AvgIpc) is 2.78. The van der Waals surface area contributed by atoms with Crippen LogP contribution in [0, 0.1) is 0 Å². The van der Waals surface area contributed by atoms with E-state index in [2.05, 4.69) is 0 Å². The summed E-state index contributed by atoms with van der Waals surface area (Å²) in [4.78, 5) is 26.1. The molecule has 1 saturated heterocycles. The maximum atomic E-state index is 12.4. The molecule has 0 atom stereocenters. The third-order valence-corrected chi connectivity index (χ3v) is 4.38. The van der Waals surface area contributed by atoms with Gasteiger partial charge in [-0.1, -0.05) is 54.1 Å². The van der Waals surface area contributed by atoms with Gasteiger partial charge >= 0.3 is 0 Å². The van der Waals surface area contributed by atoms with Crippen LogP contribution in [-0.2, 0) is 11.3 Å². The summed E-state index contributed by atoms with van der Waals surface area (Å²) < 4.78 is 0. The SMILES string of the molecule is O=C1S/C(=C/c2ccc(Cl)cc2)C(=O)N1Cc1ccccc1. The number of amides is 2. The topological polar surface area (TPSA) is 37.4 Å². The maximum Gasteiger partial charge on any atom is 0.293 e. The fraction of sp³-hybridized carbons (Fsp3) is 0.0588. The predicted molar refractivity (Wildman–Crippen MR) is 89.4 cm³/mol. The zero-order chi connectivity index (χ0) is 15.5. The fourth-order valence-corrected chi connectivity index (χ4v) is 3.08. The molecule has 1 aliphatic heterocycles. The van der Waals surface area contributed by atoms with Gasteiger partial charge in [-0.15, -0.1) is 0 Å². The fourth-order valence-electron chi connectivity index (χ4n) is 2.11. The van der Waals surface area contributed by atoms with Crippen LogP contribution in [0.4, 0.5) is 4.79 Å². The molecular weight excluding hydrogens is 318 g/mol. The second kappa shape index (κ2) is 6.38. The van der Waals surface area contributed by atoms with E-state index in [1.807, 2.05) is 42.5 Å². The lowest BCUT2D eigenvalue weighted by molar-refractivity contribution is -0.123. The number of thioether (sulfide) groups is 1. The van der Waals surface area contributed by atoms with Crippen molar-refractivity contribution in [3.8, 4) is 0 Å². The van der Waals surface area contributed by atoms with Gasteiger partial charge in [0.25, 0.3) is 11.1 Å². The molecule has 110 valence electrons. The van der Waals surface area contributed by atoms with Crippen molar-refractivity contribution in [2.24, 2.45) is 0 Å². The zero-order valence-electron chi connectivity index (χ0n) is 11.5. The van der Waals surface area contributed by atoms with Crippen LogP contribution in [0.15, 0.2) is 59.5 Å². The quantitative estimate of drug-likeness (QED) is 0.774. The first-order valence-electron chi connectivity index (χ1n) is 6.68. The number of benzene rings is 2. The van der Waals surface area contributed by atoms with E-state index in [1.54, 1.807) is 18.2 Å². The molecule has 1 fully saturated rings. The van der Waals surface area contributed by atoms with Crippen LogP contribution in [0.1, 0.15) is 11.1 Å². The smallest absolute Gasteiger partial charge is 0.268 e. The first kappa shape index (κ1) is 14.9. The van der Waals surface area contributed by atoms with Crippen molar-refractivity contribution in [2.45, 2.75) is 6.54 Å². The molecule has 0 aromatic heterocycles. The molecule has 22 heavy (non-hydrogen) atoms. The largest absolute Gasteiger partial charge is 0.293 e. The Bertz CT molecular complexity index is 741. The van der Waals surface area contributed by atoms with Crippen LogP contribution in [0.2, 0.25) is 5.02 Å². The Balaban J connectivity index is 1.80. The molecule has 0 saturated carbocycles. The Morgan fingerprint density at radius 2 is 1.68 bits per heavy atom. The normalized spacial score (nSPS) is 16.6. The van der Waals surface area contributed by atoms with E-state index < -0.39 is 0 Å². The summed E-state index contributed by atoms with van der Waals surface area (Å²) >= 11 is 6.80. The Hall–Kier alpha value is -2.04. The third kappa shape index (κ3) is 3.24. The number of halogens is 1. The number of carbonyl (C=O) groups excluding carboxylic acids is 2. The van der Waals surface area contributed by atoms with Crippen molar-refractivity contribution < 1.29 is 9.59 Å². The van der Waals surface area contributed by atoms with Gasteiger partial charge in [-0.2, -0.15) is 0 Å². The summed E-state index contributed by atoms with van der Waals surface area (Å²) in [5, 5.41) is 0.392. The Morgan fingerprint density at radius 3 is 2.36 bits per heavy atom. The van der Waals surface area contributed by atoms with Crippen molar-refractivity contribution >= 4 is 40.6 Å². The summed E-state index contributed by atoms with van der Waals surface area (Å²) in [6, 6.07) is 16.6. The third-order valence-electron chi connectivity index (χ3n) is 3.22. The molecule has 0 bridgehead atoms. The van der Waals surface area contributed by atoms with Gasteiger partial charge in [0.05, 0.1) is 11.4 Å². The molecule has 0 radical (unpaired) electrons. The molecule has 2 aromatic carbocycles. The van der Waals surface area contributed by atoms with Crippen LogP contribution in [-0.4, -0.2) is 16.0 Å². The molecule has 5 heteroatoms. The van der Waals surface area contributed by atoms with E-state index >= 15 is 0 Å². The Kier molecular flexibility index (Phi) is 4.32. The van der Waals surface area contributed by atoms with Crippen molar-refractivity contribution in [1.82, 2.24) is 4.90 Å². The van der Waals surface area contributed by atoms with Gasteiger partial charge in [-0.3, -0.25) is 14.5 Å². The number of rotatable bonds is 3. The van der Waals surface area contributed by atoms with Gasteiger partial charge in [0.2, 0.25) is 0 Å². The van der Waals surface area contributed by atoms with Crippen LogP contribution in [0.3, 0.4) is 0 Å². The van der Waals surface area contributed by atoms with Gasteiger partial charge in [-0.25, -0.2) is 0 Å². The van der Waals surface area contributed by atoms with Crippen LogP contribution in [0.25, 0.3) is 6.08 Å². The minimum atomic E-state index is -0.256. The van der Waals surface area contributed by atoms with E-state index in [0.717, 1.165) is 22.9 Å². The molecule has 3 nitrogen and oxygen atoms in total. The lowest BCUT2D eigenvalue weighted by Crippen LogP contribution is -2.27. The molecule has 0 spiro atoms. The maximum absolute atomic E-state index is 12.4. The molecule has 2 amide bonds. The van der Waals surface area contributed by atoms with Gasteiger partial charge in [0.15, 0.2) is 0 Å². The number of hydrogen-bond acceptors (Lipinski definition) is 3. The lowest BCUT2D eigenvalue weighted by atomic mass is 10.2. The molecule has 0 aliphatic carbocycles. The van der Waals surface area contributed by atoms with Gasteiger partial charge < -0.3 is 0 Å². The highest BCUT2D eigenvalue weighted by atomic mass is 35.5. The minimum Gasteiger partial charge on any atom is -0.268 e. The molecule has 0 N–H and O–H groups in total. The Labute approximate surface area is 137 Å². The predicted octanol–water partition coefficient (Wildman–Crippen LogP) is 4.58. The number of hydrogen-bond donors (Lipinski definition) is 0. The Morgan fingerprint density at radius 1 is 1.00 bits per heavy atom. The molecule has 2 aromatic rings. The summed E-state index contributed by atoms with van der Waals surface area (Å²) in [5.74, 6) is -0.256. The summed E-state index contributed by atoms with van der Waals surface area (Å²) in [5.41, 5.74) is 1.77. The van der Waals surface area contributed by atoms with E-state index in [-0.39, 0.29) is 11.1 Å². The van der Waals surface area contributed by atoms with Crippen LogP contribution >= 0.6 is 23.4 Å². The second-order valence-electron chi connectivity index (χ2n) is 4.81. The lowest BCUT2D eigenvalue weighted by Gasteiger charge is -2.12. The van der Waals surface area contributed by atoms with Crippen molar-refractivity contribution in [3.63, 3.8) is 0 Å². The van der Waals surface area contributed by atoms with E-state index in [4.69, 9.17) is 11.6 Å². The summed E-state index contributed by atoms with van der Waals surface area (Å²) in [7, 11) is 0. The second-order valence-corrected chi connectivity index (χ2v) is 6.23. The number of imide groups is 1. The van der Waals surface area contributed by atoms with Gasteiger partial charge in [0, 0.05) is 5.02 Å². The van der Waals surface area contributed by atoms with Crippen molar-refractivity contribution in [2.75, 3.05) is 0 Å². The molecule has 3 rings (SSSR count). The minimum absolute atomic E-state index is 0.242. The van der Waals surface area contributed by atoms with Crippen molar-refractivity contribution in [3.05, 3.63) is 75.7 Å². The highest BCUT2D eigenvalue weighted by molar-refractivity contribution is 8.18. The van der Waals surface area contributed by atoms with E-state index in [1.165, 1.54) is 4.90 Å². The number of nitrogens with zero attached hydrogens (tertiary/aromatic N) is 1. The summed E-state index contributed by atoms with van der Waals surface area (Å²) in [6.07, 6.45) is 1.71. The summed E-state index contributed by atoms with van der Waals surface area (Å²) in [6.45, 7) is 0.295. The zero-order valence-corrected chi connectivity index (χ0v) is 13.1. The monoisotopic (exact) mass is 329 g/mol. The number of carbonyl (C=O) groups is 2. The van der Waals surface area contributed by atoms with Crippen molar-refractivity contribution in [1.29, 1.82) is 0 Å². The average molecular weight is 330 g/mol. The highest BCUT2D eigenvalue weighted by Gasteiger charge is 2.34. The van der Waals surface area contributed by atoms with Crippen LogP contribution < -0.4 is 0 Å². The molecule has 1 heterocycles. The van der Waals surface area contributed by atoms with Gasteiger partial charge in [0.1, 0.15) is 0 Å². The molecular formula is C17H12ClNO2S. The standard InChI is InChI=1S/C17H12ClNO2S/c18-14-8-6-12(7-9-14)10-15-16(20)19(17(21)22-15)11-13-4-2-1-3-5-13/h1-10H,11H2/b15-10+. The van der Waals surface area contributed by atoms with E-state index in [0.29, 0.717) is 16.5 Å². The molecule has 0 unspecified atom stereocenters. The molecule has 1 aliphatic rings. The van der Waals surface area contributed by atoms with E-state index in [9.17, 15) is 9.59 Å².